The summed E-state index contributed by atoms with van der Waals surface area (Å²) in [6.07, 6.45) is -2.16. The summed E-state index contributed by atoms with van der Waals surface area (Å²) in [7, 11) is 0. The first-order chi connectivity index (χ1) is 14.1. The maximum Gasteiger partial charge on any atom is 0.252 e. The smallest absolute Gasteiger partial charge is 0.252 e. The van der Waals surface area contributed by atoms with Gasteiger partial charge in [0.15, 0.2) is 17.8 Å². The zero-order chi connectivity index (χ0) is 22.2. The third-order valence-electron chi connectivity index (χ3n) is 5.48. The molecule has 1 aromatic heterocycles. The lowest BCUT2D eigenvalue weighted by Gasteiger charge is -2.26. The van der Waals surface area contributed by atoms with Crippen LogP contribution in [0, 0.1) is 40.7 Å². The summed E-state index contributed by atoms with van der Waals surface area (Å²) < 4.78 is 42.6. The molecule has 1 aliphatic rings. The fourth-order valence-corrected chi connectivity index (χ4v) is 3.97. The lowest BCUT2D eigenvalue weighted by molar-refractivity contribution is -0.610. The number of pyridine rings is 1. The second kappa shape index (κ2) is 8.26. The molecule has 3 rings (SSSR count). The zero-order valence-corrected chi connectivity index (χ0v) is 16.3. The standard InChI is InChI=1S/C20H19F3N4O3/c1-9-12(20(29)26-15-4-3-13(21)18(23)17(9)15)6-16(28)25-10(2)19-14(22)5-11(7-24)8-27(19)30/h3-4,10-11,14,19H,5-6,8H2,1-2H3,(H-,25,26,28,29)/p+1/t10-,11?,14?,19?/m0/s1. The van der Waals surface area contributed by atoms with Gasteiger partial charge < -0.3 is 10.3 Å². The molecule has 2 heterocycles. The first kappa shape index (κ1) is 21.5. The van der Waals surface area contributed by atoms with Gasteiger partial charge in [0.2, 0.25) is 12.5 Å². The molecular formula is C20H20F3N4O3+. The summed E-state index contributed by atoms with van der Waals surface area (Å²) in [5.74, 6) is -3.60. The van der Waals surface area contributed by atoms with E-state index in [2.05, 4.69) is 10.3 Å². The fraction of sp³-hybridized carbons (Fsp3) is 0.450. The highest BCUT2D eigenvalue weighted by Gasteiger charge is 2.47. The number of carbonyl (C=O) groups is 1. The van der Waals surface area contributed by atoms with E-state index in [0.29, 0.717) is 4.76 Å². The summed E-state index contributed by atoms with van der Waals surface area (Å²) in [5, 5.41) is 11.3. The van der Waals surface area contributed by atoms with Crippen LogP contribution >= 0.6 is 0 Å². The largest absolute Gasteiger partial charge is 0.346 e. The van der Waals surface area contributed by atoms with E-state index in [1.54, 1.807) is 0 Å². The van der Waals surface area contributed by atoms with E-state index < -0.39 is 53.7 Å². The number of hydrogen-bond acceptors (Lipinski definition) is 4. The van der Waals surface area contributed by atoms with Crippen molar-refractivity contribution in [2.24, 2.45) is 5.92 Å². The van der Waals surface area contributed by atoms with Gasteiger partial charge >= 0.3 is 0 Å². The van der Waals surface area contributed by atoms with Gasteiger partial charge in [-0.15, -0.1) is 0 Å². The van der Waals surface area contributed by atoms with E-state index in [4.69, 9.17) is 5.26 Å². The summed E-state index contributed by atoms with van der Waals surface area (Å²) in [6, 6.07) is 1.94. The number of fused-ring (bicyclic) bond motifs is 1. The van der Waals surface area contributed by atoms with Crippen molar-refractivity contribution in [1.82, 2.24) is 10.3 Å². The van der Waals surface area contributed by atoms with Gasteiger partial charge in [0, 0.05) is 27.0 Å². The number of aromatic nitrogens is 1. The number of nitriles is 1. The summed E-state index contributed by atoms with van der Waals surface area (Å²) in [5.41, 5.74) is -0.458. The van der Waals surface area contributed by atoms with E-state index >= 15 is 0 Å². The highest BCUT2D eigenvalue weighted by atomic mass is 19.2. The average molecular weight is 421 g/mol. The number of H-pyrrole nitrogens is 1. The molecule has 0 saturated carbocycles. The molecule has 3 unspecified atom stereocenters. The van der Waals surface area contributed by atoms with Crippen molar-refractivity contribution in [2.75, 3.05) is 6.54 Å². The van der Waals surface area contributed by atoms with Crippen LogP contribution < -0.4 is 10.9 Å². The molecule has 1 aliphatic heterocycles. The number of halogens is 3. The van der Waals surface area contributed by atoms with Crippen LogP contribution in [0.3, 0.4) is 0 Å². The van der Waals surface area contributed by atoms with Crippen LogP contribution in [0.15, 0.2) is 16.9 Å². The topological polar surface area (TPSA) is 106 Å². The first-order valence-corrected chi connectivity index (χ1v) is 9.40. The molecule has 1 amide bonds. The first-order valence-electron chi connectivity index (χ1n) is 9.40. The summed E-state index contributed by atoms with van der Waals surface area (Å²) in [6.45, 7) is 2.71. The molecule has 0 bridgehead atoms. The number of hydrogen-bond donors (Lipinski definition) is 2. The van der Waals surface area contributed by atoms with Gasteiger partial charge in [0.1, 0.15) is 5.92 Å². The van der Waals surface area contributed by atoms with E-state index in [1.165, 1.54) is 19.9 Å². The molecule has 158 valence electrons. The van der Waals surface area contributed by atoms with Crippen LogP contribution in [-0.4, -0.2) is 40.5 Å². The Morgan fingerprint density at radius 3 is 2.77 bits per heavy atom. The lowest BCUT2D eigenvalue weighted by Crippen LogP contribution is -2.55. The maximum absolute atomic E-state index is 14.4. The number of nitrogens with one attached hydrogen (secondary N) is 2. The van der Waals surface area contributed by atoms with E-state index in [1.807, 2.05) is 6.07 Å². The molecular weight excluding hydrogens is 401 g/mol. The highest BCUT2D eigenvalue weighted by Crippen LogP contribution is 2.25. The van der Waals surface area contributed by atoms with E-state index in [9.17, 15) is 27.7 Å². The van der Waals surface area contributed by atoms with Gasteiger partial charge in [-0.2, -0.15) is 5.26 Å². The Kier molecular flexibility index (Phi) is 5.92. The molecule has 4 atom stereocenters. The summed E-state index contributed by atoms with van der Waals surface area (Å²) >= 11 is 0. The number of carbonyl (C=O) groups excluding carboxylic acids is 1. The molecule has 2 aromatic rings. The van der Waals surface area contributed by atoms with Gasteiger partial charge in [0.25, 0.3) is 11.6 Å². The Labute approximate surface area is 169 Å². The van der Waals surface area contributed by atoms with Crippen molar-refractivity contribution in [3.63, 3.8) is 0 Å². The number of aryl methyl sites for hydroxylation is 1. The highest BCUT2D eigenvalue weighted by molar-refractivity contribution is 5.86. The Hall–Kier alpha value is -3.22. The predicted molar refractivity (Wildman–Crippen MR) is 101 cm³/mol. The van der Waals surface area contributed by atoms with Gasteiger partial charge in [-0.05, 0) is 31.5 Å². The van der Waals surface area contributed by atoms with Crippen LogP contribution in [0.5, 0.6) is 0 Å². The second-order valence-corrected chi connectivity index (χ2v) is 7.54. The molecule has 1 saturated heterocycles. The van der Waals surface area contributed by atoms with Gasteiger partial charge in [0.05, 0.1) is 24.0 Å². The van der Waals surface area contributed by atoms with Crippen molar-refractivity contribution in [3.8, 4) is 6.07 Å². The normalized spacial score (nSPS) is 22.5. The molecule has 0 aliphatic carbocycles. The molecule has 30 heavy (non-hydrogen) atoms. The van der Waals surface area contributed by atoms with Crippen LogP contribution in [0.25, 0.3) is 10.9 Å². The number of aromatic amines is 1. The number of nitrogens with zero attached hydrogens (tertiary/aromatic N) is 2. The maximum atomic E-state index is 14.4. The third kappa shape index (κ3) is 3.92. The Bertz CT molecular complexity index is 1120. The number of alkyl halides is 1. The molecule has 0 spiro atoms. The molecule has 10 heteroatoms. The number of piperidine rings is 1. The number of rotatable bonds is 4. The van der Waals surface area contributed by atoms with E-state index in [0.717, 1.165) is 6.07 Å². The molecule has 0 radical (unpaired) electrons. The Balaban J connectivity index is 1.81. The SMILES string of the molecule is Cc1c(CC(=O)N[C@@H](C)C2C(F)CC(C#N)C[N+]2=O)c(=O)[nH]c2ccc(F)c(F)c12. The lowest BCUT2D eigenvalue weighted by atomic mass is 9.90. The fourth-order valence-electron chi connectivity index (χ4n) is 3.97. The minimum atomic E-state index is -1.60. The van der Waals surface area contributed by atoms with Crippen LogP contribution in [0.4, 0.5) is 13.2 Å². The van der Waals surface area contributed by atoms with Crippen molar-refractivity contribution in [2.45, 2.75) is 44.9 Å². The van der Waals surface area contributed by atoms with Gasteiger partial charge in [-0.3, -0.25) is 9.59 Å². The minimum absolute atomic E-state index is 0.0549. The average Bonchev–Trinajstić information content (AvgIpc) is 2.67. The van der Waals surface area contributed by atoms with Crippen molar-refractivity contribution < 1.29 is 22.7 Å². The predicted octanol–water partition coefficient (Wildman–Crippen LogP) is 2.19. The number of amides is 1. The van der Waals surface area contributed by atoms with Crippen molar-refractivity contribution in [3.05, 3.63) is 50.2 Å². The monoisotopic (exact) mass is 421 g/mol. The molecule has 7 nitrogen and oxygen atoms in total. The van der Waals surface area contributed by atoms with Crippen LogP contribution in [0.2, 0.25) is 0 Å². The molecule has 2 N–H and O–H groups in total. The molecule has 1 aromatic carbocycles. The van der Waals surface area contributed by atoms with Crippen molar-refractivity contribution >= 4 is 16.8 Å². The van der Waals surface area contributed by atoms with Crippen LogP contribution in [0.1, 0.15) is 24.5 Å². The van der Waals surface area contributed by atoms with Gasteiger partial charge in [-0.25, -0.2) is 13.2 Å². The Morgan fingerprint density at radius 2 is 2.13 bits per heavy atom. The number of benzene rings is 1. The summed E-state index contributed by atoms with van der Waals surface area (Å²) in [4.78, 5) is 39.4. The quantitative estimate of drug-likeness (QED) is 0.738. The number of nitroso groups, excluding NO2 is 1. The van der Waals surface area contributed by atoms with Crippen LogP contribution in [-0.2, 0) is 11.2 Å². The minimum Gasteiger partial charge on any atom is -0.346 e. The van der Waals surface area contributed by atoms with E-state index in [-0.39, 0.29) is 35.0 Å². The third-order valence-corrected chi connectivity index (χ3v) is 5.48. The van der Waals surface area contributed by atoms with Gasteiger partial charge in [-0.1, -0.05) is 0 Å². The molecule has 1 fully saturated rings. The second-order valence-electron chi connectivity index (χ2n) is 7.54. The zero-order valence-electron chi connectivity index (χ0n) is 16.3. The Morgan fingerprint density at radius 1 is 1.43 bits per heavy atom. The van der Waals surface area contributed by atoms with Crippen molar-refractivity contribution in [1.29, 1.82) is 5.26 Å².